The van der Waals surface area contributed by atoms with Gasteiger partial charge in [0.25, 0.3) is 5.91 Å². The smallest absolute Gasteiger partial charge is 0.338 e. The van der Waals surface area contributed by atoms with Crippen molar-refractivity contribution >= 4 is 40.8 Å². The molecule has 0 aromatic heterocycles. The monoisotopic (exact) mass is 395 g/mol. The zero-order chi connectivity index (χ0) is 19.3. The van der Waals surface area contributed by atoms with E-state index in [1.165, 1.54) is 12.1 Å². The third kappa shape index (κ3) is 5.13. The Labute approximate surface area is 162 Å². The van der Waals surface area contributed by atoms with Crippen LogP contribution >= 0.6 is 23.2 Å². The number of anilines is 1. The third-order valence-corrected chi connectivity index (χ3v) is 4.44. The van der Waals surface area contributed by atoms with E-state index in [1.54, 1.807) is 25.1 Å². The number of esters is 1. The summed E-state index contributed by atoms with van der Waals surface area (Å²) >= 11 is 12.2. The SMILES string of the molecule is CCOC(=O)c1ccc(NC(=O)COc2cc(C)c(Cl)c(C)c2)c(Cl)c1. The molecular formula is C19H19Cl2NO4. The van der Waals surface area contributed by atoms with Crippen molar-refractivity contribution in [2.75, 3.05) is 18.5 Å². The summed E-state index contributed by atoms with van der Waals surface area (Å²) in [7, 11) is 0. The predicted molar refractivity (Wildman–Crippen MR) is 102 cm³/mol. The summed E-state index contributed by atoms with van der Waals surface area (Å²) in [6.45, 7) is 5.55. The number of hydrogen-bond acceptors (Lipinski definition) is 4. The molecule has 2 rings (SSSR count). The van der Waals surface area contributed by atoms with Crippen molar-refractivity contribution in [3.8, 4) is 5.75 Å². The lowest BCUT2D eigenvalue weighted by Crippen LogP contribution is -2.20. The van der Waals surface area contributed by atoms with E-state index in [4.69, 9.17) is 32.7 Å². The molecular weight excluding hydrogens is 377 g/mol. The quantitative estimate of drug-likeness (QED) is 0.713. The van der Waals surface area contributed by atoms with Gasteiger partial charge in [-0.05, 0) is 62.2 Å². The Morgan fingerprint density at radius 2 is 1.73 bits per heavy atom. The molecule has 0 fully saturated rings. The number of halogens is 2. The average molecular weight is 396 g/mol. The van der Waals surface area contributed by atoms with Gasteiger partial charge >= 0.3 is 5.97 Å². The molecule has 1 amide bonds. The number of rotatable bonds is 6. The van der Waals surface area contributed by atoms with Gasteiger partial charge in [0, 0.05) is 5.02 Å². The van der Waals surface area contributed by atoms with Gasteiger partial charge in [-0.3, -0.25) is 4.79 Å². The Bertz CT molecular complexity index is 813. The van der Waals surface area contributed by atoms with Crippen molar-refractivity contribution in [1.29, 1.82) is 0 Å². The molecule has 0 bridgehead atoms. The molecule has 0 radical (unpaired) electrons. The minimum atomic E-state index is -0.468. The van der Waals surface area contributed by atoms with Crippen LogP contribution in [0.15, 0.2) is 30.3 Å². The van der Waals surface area contributed by atoms with Crippen LogP contribution in [-0.4, -0.2) is 25.1 Å². The van der Waals surface area contributed by atoms with Crippen molar-refractivity contribution in [2.45, 2.75) is 20.8 Å². The van der Waals surface area contributed by atoms with E-state index in [1.807, 2.05) is 13.8 Å². The molecule has 0 aliphatic heterocycles. The van der Waals surface area contributed by atoms with Crippen LogP contribution in [0.4, 0.5) is 5.69 Å². The number of aryl methyl sites for hydroxylation is 2. The highest BCUT2D eigenvalue weighted by Crippen LogP contribution is 2.26. The molecule has 1 N–H and O–H groups in total. The summed E-state index contributed by atoms with van der Waals surface area (Å²) < 4.78 is 10.4. The van der Waals surface area contributed by atoms with Crippen LogP contribution in [-0.2, 0) is 9.53 Å². The maximum Gasteiger partial charge on any atom is 0.338 e. The molecule has 0 saturated heterocycles. The lowest BCUT2D eigenvalue weighted by molar-refractivity contribution is -0.118. The molecule has 0 aliphatic rings. The highest BCUT2D eigenvalue weighted by atomic mass is 35.5. The summed E-state index contributed by atoms with van der Waals surface area (Å²) in [5, 5.41) is 3.56. The highest BCUT2D eigenvalue weighted by molar-refractivity contribution is 6.34. The number of hydrogen-bond donors (Lipinski definition) is 1. The molecule has 2 aromatic rings. The van der Waals surface area contributed by atoms with Gasteiger partial charge in [-0.15, -0.1) is 0 Å². The van der Waals surface area contributed by atoms with Crippen molar-refractivity contribution in [1.82, 2.24) is 0 Å². The number of benzene rings is 2. The molecule has 26 heavy (non-hydrogen) atoms. The normalized spacial score (nSPS) is 10.3. The Balaban J connectivity index is 1.98. The molecule has 7 heteroatoms. The maximum absolute atomic E-state index is 12.1. The Kier molecular flexibility index (Phi) is 6.89. The van der Waals surface area contributed by atoms with Crippen molar-refractivity contribution in [2.24, 2.45) is 0 Å². The number of amides is 1. The molecule has 0 atom stereocenters. The first-order valence-corrected chi connectivity index (χ1v) is 8.73. The van der Waals surface area contributed by atoms with Crippen LogP contribution in [0.25, 0.3) is 0 Å². The van der Waals surface area contributed by atoms with Gasteiger partial charge in [-0.2, -0.15) is 0 Å². The second kappa shape index (κ2) is 8.92. The number of carbonyl (C=O) groups is 2. The van der Waals surface area contributed by atoms with E-state index in [9.17, 15) is 9.59 Å². The number of ether oxygens (including phenoxy) is 2. The van der Waals surface area contributed by atoms with Gasteiger partial charge in [-0.1, -0.05) is 23.2 Å². The van der Waals surface area contributed by atoms with Crippen molar-refractivity contribution in [3.63, 3.8) is 0 Å². The minimum Gasteiger partial charge on any atom is -0.484 e. The molecule has 0 unspecified atom stereocenters. The highest BCUT2D eigenvalue weighted by Gasteiger charge is 2.12. The van der Waals surface area contributed by atoms with E-state index < -0.39 is 5.97 Å². The molecule has 0 spiro atoms. The van der Waals surface area contributed by atoms with Gasteiger partial charge in [-0.25, -0.2) is 4.79 Å². The maximum atomic E-state index is 12.1. The lowest BCUT2D eigenvalue weighted by Gasteiger charge is -2.11. The largest absolute Gasteiger partial charge is 0.484 e. The zero-order valence-corrected chi connectivity index (χ0v) is 16.2. The van der Waals surface area contributed by atoms with Crippen LogP contribution < -0.4 is 10.1 Å². The zero-order valence-electron chi connectivity index (χ0n) is 14.7. The van der Waals surface area contributed by atoms with Gasteiger partial charge in [0.2, 0.25) is 0 Å². The first-order valence-electron chi connectivity index (χ1n) is 7.98. The minimum absolute atomic E-state index is 0.184. The molecule has 0 heterocycles. The van der Waals surface area contributed by atoms with E-state index >= 15 is 0 Å². The van der Waals surface area contributed by atoms with Crippen LogP contribution in [0.1, 0.15) is 28.4 Å². The summed E-state index contributed by atoms with van der Waals surface area (Å²) in [6.07, 6.45) is 0. The third-order valence-electron chi connectivity index (χ3n) is 3.53. The molecule has 5 nitrogen and oxygen atoms in total. The van der Waals surface area contributed by atoms with E-state index in [0.29, 0.717) is 22.0 Å². The molecule has 2 aromatic carbocycles. The Morgan fingerprint density at radius 3 is 2.31 bits per heavy atom. The summed E-state index contributed by atoms with van der Waals surface area (Å²) in [5.41, 5.74) is 2.45. The van der Waals surface area contributed by atoms with Gasteiger partial charge in [0.1, 0.15) is 5.75 Å². The van der Waals surface area contributed by atoms with Gasteiger partial charge in [0.15, 0.2) is 6.61 Å². The van der Waals surface area contributed by atoms with Crippen LogP contribution in [0.5, 0.6) is 5.75 Å². The van der Waals surface area contributed by atoms with Gasteiger partial charge in [0.05, 0.1) is 22.9 Å². The molecule has 138 valence electrons. The summed E-state index contributed by atoms with van der Waals surface area (Å²) in [6, 6.07) is 8.06. The lowest BCUT2D eigenvalue weighted by atomic mass is 10.1. The van der Waals surface area contributed by atoms with Crippen LogP contribution in [0.3, 0.4) is 0 Å². The predicted octanol–water partition coefficient (Wildman–Crippen LogP) is 4.80. The first-order chi connectivity index (χ1) is 12.3. The first kappa shape index (κ1) is 20.1. The van der Waals surface area contributed by atoms with Crippen molar-refractivity contribution < 1.29 is 19.1 Å². The topological polar surface area (TPSA) is 64.6 Å². The molecule has 0 saturated carbocycles. The van der Waals surface area contributed by atoms with Crippen molar-refractivity contribution in [3.05, 3.63) is 57.1 Å². The second-order valence-corrected chi connectivity index (χ2v) is 6.41. The Hall–Kier alpha value is -2.24. The van der Waals surface area contributed by atoms with Gasteiger partial charge < -0.3 is 14.8 Å². The number of nitrogens with one attached hydrogen (secondary N) is 1. The van der Waals surface area contributed by atoms with E-state index in [-0.39, 0.29) is 24.1 Å². The van der Waals surface area contributed by atoms with E-state index in [2.05, 4.69) is 5.32 Å². The fourth-order valence-electron chi connectivity index (χ4n) is 2.28. The number of carbonyl (C=O) groups excluding carboxylic acids is 2. The van der Waals surface area contributed by atoms with Crippen LogP contribution in [0.2, 0.25) is 10.0 Å². The average Bonchev–Trinajstić information content (AvgIpc) is 2.59. The summed E-state index contributed by atoms with van der Waals surface area (Å²) in [5.74, 6) is -0.284. The standard InChI is InChI=1S/C19H19Cl2NO4/c1-4-25-19(24)13-5-6-16(15(20)9-13)22-17(23)10-26-14-7-11(2)18(21)12(3)8-14/h5-9H,4,10H2,1-3H3,(H,22,23). The Morgan fingerprint density at radius 1 is 1.08 bits per heavy atom. The molecule has 0 aliphatic carbocycles. The fraction of sp³-hybridized carbons (Fsp3) is 0.263. The second-order valence-electron chi connectivity index (χ2n) is 5.62. The van der Waals surface area contributed by atoms with E-state index in [0.717, 1.165) is 11.1 Å². The summed E-state index contributed by atoms with van der Waals surface area (Å²) in [4.78, 5) is 23.8. The van der Waals surface area contributed by atoms with Crippen LogP contribution in [0, 0.1) is 13.8 Å². The fourth-order valence-corrected chi connectivity index (χ4v) is 2.62.